The van der Waals surface area contributed by atoms with E-state index in [9.17, 15) is 9.59 Å². The Hall–Kier alpha value is -2.38. The minimum absolute atomic E-state index is 0.0623. The summed E-state index contributed by atoms with van der Waals surface area (Å²) in [6.07, 6.45) is 0. The maximum Gasteiger partial charge on any atom is 0.264 e. The van der Waals surface area contributed by atoms with Crippen LogP contribution in [0.5, 0.6) is 0 Å². The van der Waals surface area contributed by atoms with Gasteiger partial charge in [-0.25, -0.2) is 4.98 Å². The van der Waals surface area contributed by atoms with Crippen LogP contribution in [-0.2, 0) is 4.79 Å². The summed E-state index contributed by atoms with van der Waals surface area (Å²) in [5, 5.41) is 3.92. The van der Waals surface area contributed by atoms with E-state index in [0.29, 0.717) is 31.9 Å². The third-order valence-corrected chi connectivity index (χ3v) is 6.65. The lowest BCUT2D eigenvalue weighted by molar-refractivity contribution is -0.129. The highest BCUT2D eigenvalue weighted by molar-refractivity contribution is 7.99. The highest BCUT2D eigenvalue weighted by Gasteiger charge is 2.25. The fourth-order valence-corrected chi connectivity index (χ4v) is 4.90. The molecule has 3 heterocycles. The van der Waals surface area contributed by atoms with Gasteiger partial charge in [-0.15, -0.1) is 11.3 Å². The van der Waals surface area contributed by atoms with E-state index in [1.54, 1.807) is 0 Å². The Morgan fingerprint density at radius 3 is 2.57 bits per heavy atom. The van der Waals surface area contributed by atoms with Crippen molar-refractivity contribution in [3.05, 3.63) is 58.3 Å². The quantitative estimate of drug-likeness (QED) is 0.615. The van der Waals surface area contributed by atoms with Crippen LogP contribution < -0.4 is 0 Å². The summed E-state index contributed by atoms with van der Waals surface area (Å²) in [6.45, 7) is 4.40. The van der Waals surface area contributed by atoms with Gasteiger partial charge in [0.05, 0.1) is 21.2 Å². The molecule has 28 heavy (non-hydrogen) atoms. The fourth-order valence-electron chi connectivity index (χ4n) is 3.33. The van der Waals surface area contributed by atoms with Gasteiger partial charge in [0.25, 0.3) is 5.91 Å². The monoisotopic (exact) mass is 411 g/mol. The van der Waals surface area contributed by atoms with E-state index in [4.69, 9.17) is 0 Å². The molecule has 3 aromatic rings. The van der Waals surface area contributed by atoms with Crippen LogP contribution >= 0.6 is 23.1 Å². The maximum absolute atomic E-state index is 12.6. The number of pyridine rings is 1. The number of para-hydroxylation sites is 1. The number of rotatable bonds is 4. The first-order chi connectivity index (χ1) is 13.6. The molecule has 1 saturated heterocycles. The van der Waals surface area contributed by atoms with Gasteiger partial charge in [0, 0.05) is 31.6 Å². The van der Waals surface area contributed by atoms with Gasteiger partial charge in [-0.3, -0.25) is 9.59 Å². The Morgan fingerprint density at radius 2 is 1.82 bits per heavy atom. The second kappa shape index (κ2) is 8.32. The summed E-state index contributed by atoms with van der Waals surface area (Å²) in [4.78, 5) is 34.1. The topological polar surface area (TPSA) is 53.5 Å². The molecule has 0 aliphatic carbocycles. The Bertz CT molecular complexity index is 996. The summed E-state index contributed by atoms with van der Waals surface area (Å²) in [5.74, 6) is 0.525. The largest absolute Gasteiger partial charge is 0.338 e. The SMILES string of the molecule is Cc1cc(SCC(=O)N2CCN(C(=O)c3cccs3)CC2)nc2ccccc12. The van der Waals surface area contributed by atoms with E-state index in [1.165, 1.54) is 28.7 Å². The number of benzene rings is 1. The van der Waals surface area contributed by atoms with Crippen LogP contribution in [0.25, 0.3) is 10.9 Å². The molecule has 1 aliphatic heterocycles. The van der Waals surface area contributed by atoms with Gasteiger partial charge in [-0.2, -0.15) is 0 Å². The van der Waals surface area contributed by atoms with Crippen LogP contribution in [0.2, 0.25) is 0 Å². The molecular weight excluding hydrogens is 390 g/mol. The van der Waals surface area contributed by atoms with Crippen molar-refractivity contribution in [2.75, 3.05) is 31.9 Å². The first-order valence-corrected chi connectivity index (χ1v) is 11.1. The standard InChI is InChI=1S/C21H21N3O2S2/c1-15-13-19(22-17-6-3-2-5-16(15)17)28-14-20(25)23-8-10-24(11-9-23)21(26)18-7-4-12-27-18/h2-7,12-13H,8-11,14H2,1H3. The molecule has 0 saturated carbocycles. The predicted octanol–water partition coefficient (Wildman–Crippen LogP) is 3.68. The number of carbonyl (C=O) groups is 2. The Balaban J connectivity index is 1.32. The summed E-state index contributed by atoms with van der Waals surface area (Å²) < 4.78 is 0. The van der Waals surface area contributed by atoms with Crippen molar-refractivity contribution < 1.29 is 9.59 Å². The molecule has 0 N–H and O–H groups in total. The van der Waals surface area contributed by atoms with Gasteiger partial charge in [-0.05, 0) is 36.1 Å². The number of aromatic nitrogens is 1. The number of carbonyl (C=O) groups excluding carboxylic acids is 2. The minimum Gasteiger partial charge on any atom is -0.338 e. The first-order valence-electron chi connectivity index (χ1n) is 9.21. The van der Waals surface area contributed by atoms with Crippen molar-refractivity contribution in [3.63, 3.8) is 0 Å². The van der Waals surface area contributed by atoms with Crippen LogP contribution in [-0.4, -0.2) is 58.5 Å². The van der Waals surface area contributed by atoms with Crippen molar-refractivity contribution in [1.82, 2.24) is 14.8 Å². The van der Waals surface area contributed by atoms with Crippen molar-refractivity contribution >= 4 is 45.8 Å². The number of amides is 2. The molecule has 0 radical (unpaired) electrons. The molecule has 1 aromatic carbocycles. The molecule has 7 heteroatoms. The minimum atomic E-state index is 0.0623. The zero-order valence-corrected chi connectivity index (χ0v) is 17.3. The molecule has 0 atom stereocenters. The van der Waals surface area contributed by atoms with Crippen molar-refractivity contribution in [2.24, 2.45) is 0 Å². The van der Waals surface area contributed by atoms with E-state index in [1.807, 2.05) is 51.6 Å². The number of thiophene rings is 1. The summed E-state index contributed by atoms with van der Waals surface area (Å²) in [5.41, 5.74) is 2.12. The number of thioether (sulfide) groups is 1. The molecule has 4 rings (SSSR count). The molecule has 2 amide bonds. The number of hydrogen-bond donors (Lipinski definition) is 0. The number of piperazine rings is 1. The molecule has 1 aliphatic rings. The lowest BCUT2D eigenvalue weighted by Crippen LogP contribution is -2.51. The lowest BCUT2D eigenvalue weighted by atomic mass is 10.1. The molecular formula is C21H21N3O2S2. The van der Waals surface area contributed by atoms with Gasteiger partial charge >= 0.3 is 0 Å². The van der Waals surface area contributed by atoms with E-state index < -0.39 is 0 Å². The Morgan fingerprint density at radius 1 is 1.07 bits per heavy atom. The van der Waals surface area contributed by atoms with E-state index in [0.717, 1.165) is 20.8 Å². The maximum atomic E-state index is 12.6. The summed E-state index contributed by atoms with van der Waals surface area (Å²) >= 11 is 2.93. The fraction of sp³-hybridized carbons (Fsp3) is 0.286. The van der Waals surface area contributed by atoms with Crippen molar-refractivity contribution in [3.8, 4) is 0 Å². The molecule has 0 spiro atoms. The number of hydrogen-bond acceptors (Lipinski definition) is 5. The zero-order valence-electron chi connectivity index (χ0n) is 15.6. The van der Waals surface area contributed by atoms with Crippen LogP contribution in [0, 0.1) is 6.92 Å². The summed E-state index contributed by atoms with van der Waals surface area (Å²) in [7, 11) is 0. The lowest BCUT2D eigenvalue weighted by Gasteiger charge is -2.34. The van der Waals surface area contributed by atoms with Crippen LogP contribution in [0.4, 0.5) is 0 Å². The number of fused-ring (bicyclic) bond motifs is 1. The molecule has 0 bridgehead atoms. The molecule has 1 fully saturated rings. The highest BCUT2D eigenvalue weighted by Crippen LogP contribution is 2.24. The number of aryl methyl sites for hydroxylation is 1. The smallest absolute Gasteiger partial charge is 0.264 e. The Labute approximate surface area is 172 Å². The second-order valence-corrected chi connectivity index (χ2v) is 8.68. The van der Waals surface area contributed by atoms with Crippen LogP contribution in [0.3, 0.4) is 0 Å². The van der Waals surface area contributed by atoms with Crippen LogP contribution in [0.15, 0.2) is 52.9 Å². The van der Waals surface area contributed by atoms with E-state index in [2.05, 4.69) is 18.0 Å². The van der Waals surface area contributed by atoms with Gasteiger partial charge < -0.3 is 9.80 Å². The van der Waals surface area contributed by atoms with Gasteiger partial charge in [0.2, 0.25) is 5.91 Å². The molecule has 144 valence electrons. The summed E-state index contributed by atoms with van der Waals surface area (Å²) in [6, 6.07) is 13.8. The molecule has 0 unspecified atom stereocenters. The van der Waals surface area contributed by atoms with E-state index >= 15 is 0 Å². The zero-order chi connectivity index (χ0) is 19.5. The predicted molar refractivity (Wildman–Crippen MR) is 114 cm³/mol. The number of nitrogens with zero attached hydrogens (tertiary/aromatic N) is 3. The van der Waals surface area contributed by atoms with Crippen LogP contribution in [0.1, 0.15) is 15.2 Å². The van der Waals surface area contributed by atoms with Crippen molar-refractivity contribution in [2.45, 2.75) is 11.9 Å². The van der Waals surface area contributed by atoms with Gasteiger partial charge in [0.1, 0.15) is 0 Å². The van der Waals surface area contributed by atoms with Gasteiger partial charge in [0.15, 0.2) is 0 Å². The average Bonchev–Trinajstić information content (AvgIpc) is 3.26. The molecule has 5 nitrogen and oxygen atoms in total. The second-order valence-electron chi connectivity index (χ2n) is 6.73. The third-order valence-electron chi connectivity index (χ3n) is 4.89. The van der Waals surface area contributed by atoms with Crippen molar-refractivity contribution in [1.29, 1.82) is 0 Å². The third kappa shape index (κ3) is 4.05. The van der Waals surface area contributed by atoms with Gasteiger partial charge in [-0.1, -0.05) is 36.0 Å². The van der Waals surface area contributed by atoms with E-state index in [-0.39, 0.29) is 11.8 Å². The Kier molecular flexibility index (Phi) is 5.64. The normalized spacial score (nSPS) is 14.5. The average molecular weight is 412 g/mol. The first kappa shape index (κ1) is 19.0. The highest BCUT2D eigenvalue weighted by atomic mass is 32.2. The molecule has 2 aromatic heterocycles.